The van der Waals surface area contributed by atoms with Gasteiger partial charge in [0.1, 0.15) is 0 Å². The van der Waals surface area contributed by atoms with Crippen LogP contribution in [0.5, 0.6) is 0 Å². The summed E-state index contributed by atoms with van der Waals surface area (Å²) < 4.78 is 0. The fourth-order valence-corrected chi connectivity index (χ4v) is 2.53. The van der Waals surface area contributed by atoms with Crippen molar-refractivity contribution in [3.63, 3.8) is 0 Å². The van der Waals surface area contributed by atoms with E-state index in [1.54, 1.807) is 11.1 Å². The predicted molar refractivity (Wildman–Crippen MR) is 78.3 cm³/mol. The Morgan fingerprint density at radius 3 is 2.12 bits per heavy atom. The van der Waals surface area contributed by atoms with Crippen LogP contribution in [0.1, 0.15) is 84.5 Å². The van der Waals surface area contributed by atoms with Crippen LogP contribution in [0.2, 0.25) is 0 Å². The maximum atomic E-state index is 2.48. The quantitative estimate of drug-likeness (QED) is 0.396. The lowest BCUT2D eigenvalue weighted by Gasteiger charge is -2.01. The molecule has 17 heavy (non-hydrogen) atoms. The minimum Gasteiger partial charge on any atom is -0.0772 e. The Balaban J connectivity index is 2.07. The molecule has 1 aliphatic carbocycles. The van der Waals surface area contributed by atoms with Crippen molar-refractivity contribution in [2.45, 2.75) is 84.5 Å². The summed E-state index contributed by atoms with van der Waals surface area (Å²) in [5, 5.41) is 0. The molecule has 0 nitrogen and oxygen atoms in total. The topological polar surface area (TPSA) is 0 Å². The lowest BCUT2D eigenvalue weighted by molar-refractivity contribution is 0.661. The van der Waals surface area contributed by atoms with Gasteiger partial charge in [0.2, 0.25) is 0 Å². The number of unbranched alkanes of at least 4 members (excludes halogenated alkanes) is 6. The second-order valence-electron chi connectivity index (χ2n) is 5.41. The van der Waals surface area contributed by atoms with E-state index in [0.29, 0.717) is 0 Å². The molecule has 0 aromatic heterocycles. The first-order valence-electron chi connectivity index (χ1n) is 7.75. The third-order valence-electron chi connectivity index (χ3n) is 3.69. The van der Waals surface area contributed by atoms with Crippen molar-refractivity contribution >= 4 is 0 Å². The molecule has 98 valence electrons. The van der Waals surface area contributed by atoms with E-state index < -0.39 is 0 Å². The van der Waals surface area contributed by atoms with E-state index in [2.05, 4.69) is 26.0 Å². The van der Waals surface area contributed by atoms with Gasteiger partial charge in [0.25, 0.3) is 0 Å². The highest BCUT2D eigenvalue weighted by Gasteiger charge is 2.06. The molecule has 0 amide bonds. The molecule has 0 saturated heterocycles. The SMILES string of the molecule is CCCCCCC1=CCC(CCCCCC)=C1. The van der Waals surface area contributed by atoms with Gasteiger partial charge in [0.15, 0.2) is 0 Å². The van der Waals surface area contributed by atoms with Crippen molar-refractivity contribution in [3.8, 4) is 0 Å². The summed E-state index contributed by atoms with van der Waals surface area (Å²) in [5.41, 5.74) is 3.30. The Bertz CT molecular complexity index is 245. The fraction of sp³-hybridized carbons (Fsp3) is 0.765. The van der Waals surface area contributed by atoms with E-state index in [4.69, 9.17) is 0 Å². The zero-order chi connectivity index (χ0) is 12.3. The first-order valence-corrected chi connectivity index (χ1v) is 7.75. The average molecular weight is 234 g/mol. The zero-order valence-corrected chi connectivity index (χ0v) is 11.9. The zero-order valence-electron chi connectivity index (χ0n) is 11.9. The molecular formula is C17H30. The maximum absolute atomic E-state index is 2.48. The molecule has 0 aromatic carbocycles. The largest absolute Gasteiger partial charge is 0.0772 e. The summed E-state index contributed by atoms with van der Waals surface area (Å²) in [6.45, 7) is 4.56. The Morgan fingerprint density at radius 1 is 0.824 bits per heavy atom. The van der Waals surface area contributed by atoms with Gasteiger partial charge in [0, 0.05) is 0 Å². The number of allylic oxidation sites excluding steroid dienone is 4. The van der Waals surface area contributed by atoms with Gasteiger partial charge >= 0.3 is 0 Å². The molecular weight excluding hydrogens is 204 g/mol. The van der Waals surface area contributed by atoms with Gasteiger partial charge < -0.3 is 0 Å². The minimum atomic E-state index is 1.25. The van der Waals surface area contributed by atoms with Crippen LogP contribution in [0, 0.1) is 0 Å². The number of rotatable bonds is 10. The van der Waals surface area contributed by atoms with Gasteiger partial charge in [-0.25, -0.2) is 0 Å². The first-order chi connectivity index (χ1) is 8.36. The van der Waals surface area contributed by atoms with Crippen LogP contribution in [0.25, 0.3) is 0 Å². The highest BCUT2D eigenvalue weighted by Crippen LogP contribution is 2.25. The summed E-state index contributed by atoms with van der Waals surface area (Å²) in [6.07, 6.45) is 20.0. The van der Waals surface area contributed by atoms with Gasteiger partial charge in [-0.3, -0.25) is 0 Å². The van der Waals surface area contributed by atoms with Gasteiger partial charge in [-0.15, -0.1) is 0 Å². The van der Waals surface area contributed by atoms with Crippen molar-refractivity contribution in [2.24, 2.45) is 0 Å². The second kappa shape index (κ2) is 9.50. The summed E-state index contributed by atoms with van der Waals surface area (Å²) in [4.78, 5) is 0. The molecule has 0 spiro atoms. The lowest BCUT2D eigenvalue weighted by Crippen LogP contribution is -1.81. The van der Waals surface area contributed by atoms with Crippen molar-refractivity contribution in [3.05, 3.63) is 23.3 Å². The summed E-state index contributed by atoms with van der Waals surface area (Å²) in [5.74, 6) is 0. The Kier molecular flexibility index (Phi) is 8.13. The molecule has 0 aromatic rings. The molecule has 0 atom stereocenters. The Hall–Kier alpha value is -0.520. The van der Waals surface area contributed by atoms with E-state index in [1.165, 1.54) is 70.6 Å². The van der Waals surface area contributed by atoms with Crippen LogP contribution in [-0.4, -0.2) is 0 Å². The standard InChI is InChI=1S/C17H30/c1-3-5-7-9-11-16-13-14-17(15-16)12-10-8-6-4-2/h13,15H,3-12,14H2,1-2H3. The third kappa shape index (κ3) is 6.71. The van der Waals surface area contributed by atoms with Crippen LogP contribution in [0.3, 0.4) is 0 Å². The summed E-state index contributed by atoms with van der Waals surface area (Å²) in [7, 11) is 0. The molecule has 0 N–H and O–H groups in total. The van der Waals surface area contributed by atoms with Crippen molar-refractivity contribution in [2.75, 3.05) is 0 Å². The number of hydrogen-bond acceptors (Lipinski definition) is 0. The van der Waals surface area contributed by atoms with Crippen LogP contribution >= 0.6 is 0 Å². The molecule has 0 heterocycles. The normalized spacial score (nSPS) is 14.9. The van der Waals surface area contributed by atoms with E-state index in [9.17, 15) is 0 Å². The minimum absolute atomic E-state index is 1.25. The van der Waals surface area contributed by atoms with E-state index in [0.717, 1.165) is 0 Å². The first kappa shape index (κ1) is 14.5. The molecule has 0 saturated carbocycles. The van der Waals surface area contributed by atoms with Gasteiger partial charge in [-0.2, -0.15) is 0 Å². The molecule has 1 aliphatic rings. The third-order valence-corrected chi connectivity index (χ3v) is 3.69. The van der Waals surface area contributed by atoms with Gasteiger partial charge in [-0.1, -0.05) is 75.7 Å². The monoisotopic (exact) mass is 234 g/mol. The van der Waals surface area contributed by atoms with Crippen molar-refractivity contribution in [1.82, 2.24) is 0 Å². The fourth-order valence-electron chi connectivity index (χ4n) is 2.53. The average Bonchev–Trinajstić information content (AvgIpc) is 2.78. The van der Waals surface area contributed by atoms with Gasteiger partial charge in [0.05, 0.1) is 0 Å². The molecule has 0 fully saturated rings. The smallest absolute Gasteiger partial charge is 0.0130 e. The Morgan fingerprint density at radius 2 is 1.47 bits per heavy atom. The van der Waals surface area contributed by atoms with Crippen LogP contribution in [-0.2, 0) is 0 Å². The van der Waals surface area contributed by atoms with Crippen LogP contribution < -0.4 is 0 Å². The Labute approximate surface area is 108 Å². The lowest BCUT2D eigenvalue weighted by atomic mass is 10.1. The van der Waals surface area contributed by atoms with Crippen LogP contribution in [0.15, 0.2) is 23.3 Å². The maximum Gasteiger partial charge on any atom is -0.0130 e. The molecule has 0 heteroatoms. The molecule has 0 unspecified atom stereocenters. The second-order valence-corrected chi connectivity index (χ2v) is 5.41. The summed E-state index contributed by atoms with van der Waals surface area (Å²) in [6, 6.07) is 0. The highest BCUT2D eigenvalue weighted by molar-refractivity contribution is 5.32. The van der Waals surface area contributed by atoms with Crippen LogP contribution in [0.4, 0.5) is 0 Å². The van der Waals surface area contributed by atoms with E-state index in [1.807, 2.05) is 0 Å². The predicted octanol–water partition coefficient (Wildman–Crippen LogP) is 6.18. The van der Waals surface area contributed by atoms with Gasteiger partial charge in [-0.05, 0) is 32.1 Å². The van der Waals surface area contributed by atoms with Crippen molar-refractivity contribution in [1.29, 1.82) is 0 Å². The van der Waals surface area contributed by atoms with Crippen molar-refractivity contribution < 1.29 is 0 Å². The summed E-state index contributed by atoms with van der Waals surface area (Å²) >= 11 is 0. The van der Waals surface area contributed by atoms with E-state index >= 15 is 0 Å². The molecule has 0 aliphatic heterocycles. The highest BCUT2D eigenvalue weighted by atomic mass is 14.1. The molecule has 0 bridgehead atoms. The molecule has 0 radical (unpaired) electrons. The molecule has 1 rings (SSSR count). The van der Waals surface area contributed by atoms with E-state index in [-0.39, 0.29) is 0 Å². The number of hydrogen-bond donors (Lipinski definition) is 0.